The number of urea groups is 1. The number of rotatable bonds is 4. The molecule has 5 heteroatoms. The molecular formula is C19H23N3O2. The van der Waals surface area contributed by atoms with Crippen molar-refractivity contribution in [2.45, 2.75) is 13.3 Å². The number of carbonyl (C=O) groups excluding carboxylic acids is 1. The normalized spacial score (nSPS) is 14.3. The summed E-state index contributed by atoms with van der Waals surface area (Å²) in [6.45, 7) is 5.17. The highest BCUT2D eigenvalue weighted by Gasteiger charge is 2.16. The number of nitrogens with zero attached hydrogens (tertiary/aromatic N) is 1. The second-order valence-corrected chi connectivity index (χ2v) is 5.71. The Hall–Kier alpha value is -2.53. The minimum Gasteiger partial charge on any atom is -0.378 e. The molecule has 0 aliphatic carbocycles. The molecule has 0 aromatic heterocycles. The number of hydrogen-bond acceptors (Lipinski definition) is 3. The maximum Gasteiger partial charge on any atom is 0.323 e. The van der Waals surface area contributed by atoms with Gasteiger partial charge in [0.1, 0.15) is 0 Å². The molecule has 1 aliphatic heterocycles. The number of hydrogen-bond donors (Lipinski definition) is 2. The van der Waals surface area contributed by atoms with Crippen molar-refractivity contribution in [3.63, 3.8) is 0 Å². The Balaban J connectivity index is 1.72. The zero-order valence-corrected chi connectivity index (χ0v) is 13.9. The molecule has 2 N–H and O–H groups in total. The second-order valence-electron chi connectivity index (χ2n) is 5.71. The molecule has 5 nitrogen and oxygen atoms in total. The molecule has 1 fully saturated rings. The van der Waals surface area contributed by atoms with E-state index in [9.17, 15) is 4.79 Å². The molecule has 0 saturated carbocycles. The summed E-state index contributed by atoms with van der Waals surface area (Å²) in [6, 6.07) is 15.5. The monoisotopic (exact) mass is 325 g/mol. The minimum atomic E-state index is -0.225. The van der Waals surface area contributed by atoms with Gasteiger partial charge in [-0.1, -0.05) is 37.3 Å². The van der Waals surface area contributed by atoms with Gasteiger partial charge in [0.25, 0.3) is 0 Å². The number of carbonyl (C=O) groups is 1. The molecule has 2 aromatic carbocycles. The quantitative estimate of drug-likeness (QED) is 0.900. The summed E-state index contributed by atoms with van der Waals surface area (Å²) in [6.07, 6.45) is 0.876. The van der Waals surface area contributed by atoms with E-state index in [1.807, 2.05) is 48.5 Å². The van der Waals surface area contributed by atoms with Gasteiger partial charge in [-0.25, -0.2) is 4.79 Å². The van der Waals surface area contributed by atoms with Gasteiger partial charge in [-0.15, -0.1) is 0 Å². The summed E-state index contributed by atoms with van der Waals surface area (Å²) in [5, 5.41) is 5.92. The maximum atomic E-state index is 12.4. The average Bonchev–Trinajstić information content (AvgIpc) is 2.63. The second kappa shape index (κ2) is 7.84. The van der Waals surface area contributed by atoms with Crippen LogP contribution in [-0.2, 0) is 11.2 Å². The molecule has 0 atom stereocenters. The summed E-state index contributed by atoms with van der Waals surface area (Å²) < 4.78 is 5.41. The predicted molar refractivity (Wildman–Crippen MR) is 97.9 cm³/mol. The van der Waals surface area contributed by atoms with Crippen molar-refractivity contribution in [3.8, 4) is 0 Å². The summed E-state index contributed by atoms with van der Waals surface area (Å²) in [4.78, 5) is 14.7. The van der Waals surface area contributed by atoms with Crippen molar-refractivity contribution in [2.75, 3.05) is 41.8 Å². The zero-order valence-electron chi connectivity index (χ0n) is 13.9. The third-order valence-corrected chi connectivity index (χ3v) is 4.15. The van der Waals surface area contributed by atoms with E-state index in [1.165, 1.54) is 0 Å². The molecule has 24 heavy (non-hydrogen) atoms. The first-order chi connectivity index (χ1) is 11.8. The van der Waals surface area contributed by atoms with Crippen LogP contribution in [0.2, 0.25) is 0 Å². The predicted octanol–water partition coefficient (Wildman–Crippen LogP) is 3.73. The zero-order chi connectivity index (χ0) is 16.8. The summed E-state index contributed by atoms with van der Waals surface area (Å²) in [5.41, 5.74) is 3.81. The lowest BCUT2D eigenvalue weighted by Crippen LogP contribution is -2.37. The molecular weight excluding hydrogens is 302 g/mol. The van der Waals surface area contributed by atoms with Crippen molar-refractivity contribution < 1.29 is 9.53 Å². The van der Waals surface area contributed by atoms with E-state index < -0.39 is 0 Å². The number of para-hydroxylation sites is 3. The number of anilines is 3. The first kappa shape index (κ1) is 16.3. The van der Waals surface area contributed by atoms with Crippen LogP contribution >= 0.6 is 0 Å². The van der Waals surface area contributed by atoms with Crippen LogP contribution < -0.4 is 15.5 Å². The summed E-state index contributed by atoms with van der Waals surface area (Å²) >= 11 is 0. The van der Waals surface area contributed by atoms with Gasteiger partial charge < -0.3 is 20.3 Å². The molecule has 1 aliphatic rings. The van der Waals surface area contributed by atoms with E-state index in [0.29, 0.717) is 13.2 Å². The lowest BCUT2D eigenvalue weighted by Gasteiger charge is -2.30. The number of benzene rings is 2. The summed E-state index contributed by atoms with van der Waals surface area (Å²) in [5.74, 6) is 0. The van der Waals surface area contributed by atoms with Gasteiger partial charge >= 0.3 is 6.03 Å². The van der Waals surface area contributed by atoms with E-state index in [1.54, 1.807) is 0 Å². The third kappa shape index (κ3) is 3.86. The first-order valence-electron chi connectivity index (χ1n) is 8.35. The molecule has 2 amide bonds. The van der Waals surface area contributed by atoms with E-state index in [4.69, 9.17) is 4.74 Å². The Bertz CT molecular complexity index is 697. The van der Waals surface area contributed by atoms with Gasteiger partial charge in [0, 0.05) is 18.8 Å². The van der Waals surface area contributed by atoms with Crippen molar-refractivity contribution in [1.29, 1.82) is 0 Å². The van der Waals surface area contributed by atoms with Gasteiger partial charge in [-0.2, -0.15) is 0 Å². The van der Waals surface area contributed by atoms with Gasteiger partial charge in [0.05, 0.1) is 24.6 Å². The average molecular weight is 325 g/mol. The van der Waals surface area contributed by atoms with Crippen molar-refractivity contribution in [1.82, 2.24) is 0 Å². The lowest BCUT2D eigenvalue weighted by molar-refractivity contribution is 0.123. The van der Waals surface area contributed by atoms with Crippen molar-refractivity contribution in [2.24, 2.45) is 0 Å². The van der Waals surface area contributed by atoms with Crippen LogP contribution in [0.25, 0.3) is 0 Å². The SMILES string of the molecule is CCc1ccccc1NC(=O)Nc1ccccc1N1CCOCC1. The topological polar surface area (TPSA) is 53.6 Å². The first-order valence-corrected chi connectivity index (χ1v) is 8.35. The fourth-order valence-corrected chi connectivity index (χ4v) is 2.89. The highest BCUT2D eigenvalue weighted by molar-refractivity contribution is 6.02. The third-order valence-electron chi connectivity index (χ3n) is 4.15. The molecule has 0 unspecified atom stereocenters. The number of nitrogens with one attached hydrogen (secondary N) is 2. The standard InChI is InChI=1S/C19H23N3O2/c1-2-15-7-3-4-8-16(15)20-19(23)21-17-9-5-6-10-18(17)22-11-13-24-14-12-22/h3-10H,2,11-14H2,1H3,(H2,20,21,23). The molecule has 1 saturated heterocycles. The Morgan fingerprint density at radius 1 is 1.00 bits per heavy atom. The molecule has 0 radical (unpaired) electrons. The fourth-order valence-electron chi connectivity index (χ4n) is 2.89. The van der Waals surface area contributed by atoms with Crippen LogP contribution in [0.1, 0.15) is 12.5 Å². The Labute approximate surface area is 142 Å². The molecule has 0 bridgehead atoms. The van der Waals surface area contributed by atoms with Gasteiger partial charge in [-0.05, 0) is 30.2 Å². The van der Waals surface area contributed by atoms with Crippen LogP contribution in [-0.4, -0.2) is 32.3 Å². The number of ether oxygens (including phenoxy) is 1. The highest BCUT2D eigenvalue weighted by atomic mass is 16.5. The van der Waals surface area contributed by atoms with E-state index in [-0.39, 0.29) is 6.03 Å². The molecule has 2 aromatic rings. The maximum absolute atomic E-state index is 12.4. The van der Waals surface area contributed by atoms with Gasteiger partial charge in [0.15, 0.2) is 0 Å². The van der Waals surface area contributed by atoms with Crippen LogP contribution in [0.4, 0.5) is 21.9 Å². The lowest BCUT2D eigenvalue weighted by atomic mass is 10.1. The molecule has 1 heterocycles. The molecule has 126 valence electrons. The summed E-state index contributed by atoms with van der Waals surface area (Å²) in [7, 11) is 0. The molecule has 3 rings (SSSR count). The highest BCUT2D eigenvalue weighted by Crippen LogP contribution is 2.26. The van der Waals surface area contributed by atoms with E-state index in [2.05, 4.69) is 22.5 Å². The minimum absolute atomic E-state index is 0.225. The van der Waals surface area contributed by atoms with Gasteiger partial charge in [-0.3, -0.25) is 0 Å². The fraction of sp³-hybridized carbons (Fsp3) is 0.316. The van der Waals surface area contributed by atoms with E-state index in [0.717, 1.165) is 42.1 Å². The van der Waals surface area contributed by atoms with Crippen LogP contribution in [0.15, 0.2) is 48.5 Å². The Morgan fingerprint density at radius 3 is 2.38 bits per heavy atom. The number of aryl methyl sites for hydroxylation is 1. The Morgan fingerprint density at radius 2 is 1.62 bits per heavy atom. The van der Waals surface area contributed by atoms with Gasteiger partial charge in [0.2, 0.25) is 0 Å². The van der Waals surface area contributed by atoms with Crippen LogP contribution in [0, 0.1) is 0 Å². The number of morpholine rings is 1. The largest absolute Gasteiger partial charge is 0.378 e. The molecule has 0 spiro atoms. The smallest absolute Gasteiger partial charge is 0.323 e. The van der Waals surface area contributed by atoms with Crippen LogP contribution in [0.3, 0.4) is 0 Å². The van der Waals surface area contributed by atoms with E-state index >= 15 is 0 Å². The number of amides is 2. The van der Waals surface area contributed by atoms with Crippen LogP contribution in [0.5, 0.6) is 0 Å². The van der Waals surface area contributed by atoms with Crippen molar-refractivity contribution in [3.05, 3.63) is 54.1 Å². The Kier molecular flexibility index (Phi) is 5.33. The van der Waals surface area contributed by atoms with Crippen molar-refractivity contribution >= 4 is 23.1 Å².